The van der Waals surface area contributed by atoms with E-state index in [0.717, 1.165) is 9.80 Å². The van der Waals surface area contributed by atoms with Crippen molar-refractivity contribution in [2.24, 2.45) is 0 Å². The number of carbonyl (C=O) groups is 3. The summed E-state index contributed by atoms with van der Waals surface area (Å²) < 4.78 is 102. The number of nitrogens with zero attached hydrogens (tertiary/aromatic N) is 3. The third kappa shape index (κ3) is 7.73. The summed E-state index contributed by atoms with van der Waals surface area (Å²) in [5, 5.41) is 0. The van der Waals surface area contributed by atoms with E-state index in [1.807, 2.05) is 0 Å². The average molecular weight is 696 g/mol. The molecule has 3 amide bonds. The first-order valence-corrected chi connectivity index (χ1v) is 15.2. The van der Waals surface area contributed by atoms with Crippen LogP contribution in [0.25, 0.3) is 11.1 Å². The van der Waals surface area contributed by atoms with Gasteiger partial charge in [-0.2, -0.15) is 26.3 Å². The number of likely N-dealkylation sites (N-methyl/N-ethyl adjacent to an activating group) is 1. The minimum atomic E-state index is -5.12. The summed E-state index contributed by atoms with van der Waals surface area (Å²) in [6.07, 6.45) is -9.87. The van der Waals surface area contributed by atoms with Gasteiger partial charge in [0.15, 0.2) is 0 Å². The van der Waals surface area contributed by atoms with Gasteiger partial charge in [0.05, 0.1) is 28.4 Å². The van der Waals surface area contributed by atoms with Gasteiger partial charge in [-0.05, 0) is 102 Å². The molecular weight excluding hydrogens is 659 g/mol. The Morgan fingerprint density at radius 3 is 1.94 bits per heavy atom. The molecule has 0 saturated carbocycles. The summed E-state index contributed by atoms with van der Waals surface area (Å²) in [4.78, 5) is 46.5. The van der Waals surface area contributed by atoms with E-state index < -0.39 is 75.7 Å². The molecule has 14 heteroatoms. The fourth-order valence-electron chi connectivity index (χ4n) is 5.84. The van der Waals surface area contributed by atoms with Crippen molar-refractivity contribution in [1.82, 2.24) is 9.88 Å². The molecule has 7 nitrogen and oxygen atoms in total. The summed E-state index contributed by atoms with van der Waals surface area (Å²) in [7, 11) is 1.30. The van der Waals surface area contributed by atoms with Gasteiger partial charge in [0.1, 0.15) is 11.4 Å². The second-order valence-electron chi connectivity index (χ2n) is 13.7. The number of likely N-dealkylation sites (tertiary alicyclic amines) is 1. The fraction of sp³-hybridized carbons (Fsp3) is 0.429. The Balaban J connectivity index is 1.82. The number of amides is 3. The first-order chi connectivity index (χ1) is 22.3. The van der Waals surface area contributed by atoms with Crippen LogP contribution in [0.5, 0.6) is 0 Å². The van der Waals surface area contributed by atoms with E-state index in [9.17, 15) is 45.1 Å². The van der Waals surface area contributed by atoms with Crippen LogP contribution in [0.3, 0.4) is 0 Å². The van der Waals surface area contributed by atoms with Gasteiger partial charge in [-0.15, -0.1) is 0 Å². The molecule has 2 heterocycles. The highest BCUT2D eigenvalue weighted by molar-refractivity contribution is 6.03. The van der Waals surface area contributed by atoms with Crippen molar-refractivity contribution in [3.8, 4) is 11.1 Å². The number of benzene rings is 2. The highest BCUT2D eigenvalue weighted by Crippen LogP contribution is 2.42. The van der Waals surface area contributed by atoms with E-state index in [1.165, 1.54) is 45.3 Å². The average Bonchev–Trinajstić information content (AvgIpc) is 3.27. The number of aryl methyl sites for hydroxylation is 1. The largest absolute Gasteiger partial charge is 0.443 e. The Hall–Kier alpha value is -4.49. The maximum atomic E-state index is 14.2. The van der Waals surface area contributed by atoms with Crippen LogP contribution in [-0.2, 0) is 32.1 Å². The number of alkyl halides is 6. The molecule has 1 saturated heterocycles. The SMILES string of the molecule is Cc1cc(F)ccc1-c1cc(C2CC(=O)N(C(=O)OC(C)(C)C)C2C)ncc1N(C)C(=O)C(C)(C)c1cc(C(F)(F)F)cc(C(F)(F)F)c1. The topological polar surface area (TPSA) is 79.8 Å². The van der Waals surface area contributed by atoms with Crippen molar-refractivity contribution >= 4 is 23.6 Å². The normalized spacial score (nSPS) is 17.4. The third-order valence-corrected chi connectivity index (χ3v) is 8.52. The van der Waals surface area contributed by atoms with E-state index in [4.69, 9.17) is 4.74 Å². The van der Waals surface area contributed by atoms with Crippen molar-refractivity contribution in [3.63, 3.8) is 0 Å². The van der Waals surface area contributed by atoms with Crippen molar-refractivity contribution < 1.29 is 49.9 Å². The van der Waals surface area contributed by atoms with E-state index in [0.29, 0.717) is 34.5 Å². The van der Waals surface area contributed by atoms with E-state index in [-0.39, 0.29) is 18.2 Å². The molecule has 2 aromatic carbocycles. The minimum absolute atomic E-state index is 0.00939. The summed E-state index contributed by atoms with van der Waals surface area (Å²) >= 11 is 0. The number of carbonyl (C=O) groups excluding carboxylic acids is 3. The smallest absolute Gasteiger partial charge is 0.417 e. The lowest BCUT2D eigenvalue weighted by atomic mass is 9.81. The van der Waals surface area contributed by atoms with Gasteiger partial charge < -0.3 is 9.64 Å². The number of rotatable bonds is 5. The molecule has 0 aliphatic carbocycles. The molecule has 3 aromatic rings. The van der Waals surface area contributed by atoms with Gasteiger partial charge in [-0.25, -0.2) is 14.1 Å². The van der Waals surface area contributed by atoms with Crippen LogP contribution >= 0.6 is 0 Å². The Morgan fingerprint density at radius 1 is 0.878 bits per heavy atom. The zero-order valence-corrected chi connectivity index (χ0v) is 28.1. The third-order valence-electron chi connectivity index (χ3n) is 8.52. The van der Waals surface area contributed by atoms with Gasteiger partial charge in [-0.3, -0.25) is 14.6 Å². The molecule has 264 valence electrons. The fourth-order valence-corrected chi connectivity index (χ4v) is 5.84. The highest BCUT2D eigenvalue weighted by atomic mass is 19.4. The molecular formula is C35H36F7N3O4. The van der Waals surface area contributed by atoms with Gasteiger partial charge in [0.2, 0.25) is 11.8 Å². The lowest BCUT2D eigenvalue weighted by molar-refractivity contribution is -0.143. The molecule has 4 rings (SSSR count). The second kappa shape index (κ2) is 12.8. The predicted molar refractivity (Wildman–Crippen MR) is 167 cm³/mol. The van der Waals surface area contributed by atoms with Gasteiger partial charge >= 0.3 is 18.4 Å². The highest BCUT2D eigenvalue weighted by Gasteiger charge is 2.45. The summed E-state index contributed by atoms with van der Waals surface area (Å²) in [6.45, 7) is 10.7. The maximum absolute atomic E-state index is 14.2. The maximum Gasteiger partial charge on any atom is 0.417 e. The molecule has 49 heavy (non-hydrogen) atoms. The van der Waals surface area contributed by atoms with Crippen LogP contribution in [-0.4, -0.2) is 46.5 Å². The van der Waals surface area contributed by atoms with Gasteiger partial charge in [-0.1, -0.05) is 6.07 Å². The molecule has 2 unspecified atom stereocenters. The molecule has 2 atom stereocenters. The second-order valence-corrected chi connectivity index (χ2v) is 13.7. The molecule has 0 N–H and O–H groups in total. The number of pyridine rings is 1. The molecule has 1 aliphatic heterocycles. The zero-order valence-electron chi connectivity index (χ0n) is 28.1. The Labute approximate surface area is 279 Å². The lowest BCUT2D eigenvalue weighted by Gasteiger charge is -2.32. The number of hydrogen-bond acceptors (Lipinski definition) is 5. The quantitative estimate of drug-likeness (QED) is 0.249. The van der Waals surface area contributed by atoms with E-state index in [1.54, 1.807) is 40.7 Å². The number of hydrogen-bond donors (Lipinski definition) is 0. The standard InChI is InChI=1S/C35H36F7N3O4/c1-18-11-23(36)9-10-24(18)26-15-27(25-16-29(46)45(19(25)2)31(48)49-32(3,4)5)43-17-28(26)44(8)30(47)33(6,7)20-12-21(34(37,38)39)14-22(13-20)35(40,41)42/h9-15,17,19,25H,16H2,1-8H3. The monoisotopic (exact) mass is 695 g/mol. The first kappa shape index (κ1) is 37.3. The predicted octanol–water partition coefficient (Wildman–Crippen LogP) is 8.81. The van der Waals surface area contributed by atoms with E-state index >= 15 is 0 Å². The summed E-state index contributed by atoms with van der Waals surface area (Å²) in [6, 6.07) is 5.80. The van der Waals surface area contributed by atoms with Crippen LogP contribution in [0.1, 0.15) is 81.8 Å². The number of halogens is 7. The zero-order chi connectivity index (χ0) is 37.0. The summed E-state index contributed by atoms with van der Waals surface area (Å²) in [5.74, 6) is -2.52. The van der Waals surface area contributed by atoms with Crippen LogP contribution in [0, 0.1) is 12.7 Å². The Kier molecular flexibility index (Phi) is 9.72. The van der Waals surface area contributed by atoms with Crippen LogP contribution in [0.4, 0.5) is 41.2 Å². The van der Waals surface area contributed by atoms with Crippen LogP contribution in [0.2, 0.25) is 0 Å². The van der Waals surface area contributed by atoms with Crippen molar-refractivity contribution in [3.05, 3.63) is 82.4 Å². The molecule has 1 aliphatic rings. The molecule has 1 fully saturated rings. The number of imide groups is 1. The van der Waals surface area contributed by atoms with Gasteiger partial charge in [0.25, 0.3) is 0 Å². The van der Waals surface area contributed by atoms with Crippen molar-refractivity contribution in [1.29, 1.82) is 0 Å². The summed E-state index contributed by atoms with van der Waals surface area (Å²) in [5.41, 5.74) is -4.75. The molecule has 0 bridgehead atoms. The van der Waals surface area contributed by atoms with E-state index in [2.05, 4.69) is 4.98 Å². The Bertz CT molecular complexity index is 1760. The number of anilines is 1. The van der Waals surface area contributed by atoms with Crippen molar-refractivity contribution in [2.45, 2.75) is 90.2 Å². The Morgan fingerprint density at radius 2 is 1.43 bits per heavy atom. The van der Waals surface area contributed by atoms with Crippen LogP contribution < -0.4 is 4.90 Å². The molecule has 0 radical (unpaired) electrons. The number of aromatic nitrogens is 1. The molecule has 1 aromatic heterocycles. The minimum Gasteiger partial charge on any atom is -0.443 e. The van der Waals surface area contributed by atoms with Crippen molar-refractivity contribution in [2.75, 3.05) is 11.9 Å². The lowest BCUT2D eigenvalue weighted by Crippen LogP contribution is -2.42. The van der Waals surface area contributed by atoms with Crippen LogP contribution in [0.15, 0.2) is 48.7 Å². The first-order valence-electron chi connectivity index (χ1n) is 15.2. The number of ether oxygens (including phenoxy) is 1. The molecule has 0 spiro atoms. The van der Waals surface area contributed by atoms with Gasteiger partial charge in [0, 0.05) is 36.7 Å².